The number of carbonyl (C=O) groups is 2. The van der Waals surface area contributed by atoms with Crippen molar-refractivity contribution in [2.45, 2.75) is 465 Å². The second kappa shape index (κ2) is 56.6. The van der Waals surface area contributed by atoms with Gasteiger partial charge in [0.05, 0.1) is 32.3 Å². The number of nitrogens with zero attached hydrogens (tertiary/aromatic N) is 2. The Hall–Kier alpha value is -3.29. The molecular weight excluding hydrogens is 1550 g/mol. The number of rotatable bonds is 72. The molecule has 5 nitrogen and oxygen atoms in total. The zero-order chi connectivity index (χ0) is 84.2. The number of amides is 2. The largest absolute Gasteiger partial charge is 0.321 e. The molecule has 0 saturated heterocycles. The fraction of sp³-hybridized carbons (Fsp3) is 0.720. The highest BCUT2D eigenvalue weighted by Crippen LogP contribution is 2.66. The second-order valence-electron chi connectivity index (χ2n) is 37.2. The Morgan fingerprint density at radius 1 is 0.390 bits per heavy atom. The van der Waals surface area contributed by atoms with E-state index >= 15 is 9.59 Å². The zero-order valence-corrected chi connectivity index (χ0v) is 82.5. The Labute approximate surface area is 749 Å². The van der Waals surface area contributed by atoms with Crippen molar-refractivity contribution in [3.8, 4) is 29.3 Å². The molecule has 8 rings (SSSR count). The van der Waals surface area contributed by atoms with Crippen molar-refractivity contribution in [1.29, 1.82) is 0 Å². The second-order valence-corrected chi connectivity index (χ2v) is 43.4. The van der Waals surface area contributed by atoms with Gasteiger partial charge in [-0.1, -0.05) is 389 Å². The van der Waals surface area contributed by atoms with Crippen LogP contribution in [-0.4, -0.2) is 41.0 Å². The van der Waals surface area contributed by atoms with Crippen LogP contribution in [-0.2, 0) is 33.4 Å². The molecular formula is C107H171N3O2S6. The predicted molar refractivity (Wildman–Crippen MR) is 533 cm³/mol. The van der Waals surface area contributed by atoms with Crippen LogP contribution < -0.4 is 5.73 Å². The van der Waals surface area contributed by atoms with E-state index in [1.807, 2.05) is 28.7 Å². The van der Waals surface area contributed by atoms with Crippen molar-refractivity contribution < 1.29 is 9.59 Å². The molecule has 662 valence electrons. The minimum Gasteiger partial charge on any atom is -0.321 e. The first-order valence-electron chi connectivity index (χ1n) is 50.2. The van der Waals surface area contributed by atoms with Gasteiger partial charge in [-0.25, -0.2) is 0 Å². The van der Waals surface area contributed by atoms with E-state index in [0.717, 1.165) is 69.5 Å². The number of carbonyl (C=O) groups excluding carboxylic acids is 2. The van der Waals surface area contributed by atoms with E-state index in [-0.39, 0.29) is 17.2 Å². The Morgan fingerprint density at radius 3 is 1.09 bits per heavy atom. The third-order valence-corrected chi connectivity index (χ3v) is 34.2. The molecule has 2 amide bonds. The molecule has 1 aliphatic carbocycles. The highest BCUT2D eigenvalue weighted by molar-refractivity contribution is 8.07. The Morgan fingerprint density at radius 2 is 0.703 bits per heavy atom. The molecule has 0 spiro atoms. The summed E-state index contributed by atoms with van der Waals surface area (Å²) in [4.78, 5) is 52.1. The van der Waals surface area contributed by atoms with Crippen LogP contribution in [0.15, 0.2) is 66.3 Å². The molecule has 5 aromatic heterocycles. The van der Waals surface area contributed by atoms with Crippen LogP contribution in [0.4, 0.5) is 0 Å². The van der Waals surface area contributed by atoms with Crippen LogP contribution in [0.25, 0.3) is 45.6 Å². The molecule has 0 bridgehead atoms. The fourth-order valence-corrected chi connectivity index (χ4v) is 27.1. The average Bonchev–Trinajstić information content (AvgIpc) is 1.52. The van der Waals surface area contributed by atoms with E-state index in [2.05, 4.69) is 157 Å². The van der Waals surface area contributed by atoms with Crippen molar-refractivity contribution in [3.05, 3.63) is 108 Å². The van der Waals surface area contributed by atoms with Crippen molar-refractivity contribution in [2.24, 2.45) is 17.6 Å². The molecule has 0 aromatic carbocycles. The summed E-state index contributed by atoms with van der Waals surface area (Å²) in [5.74, 6) is 0.764. The minimum absolute atomic E-state index is 0.0301. The lowest BCUT2D eigenvalue weighted by molar-refractivity contribution is -0.124. The summed E-state index contributed by atoms with van der Waals surface area (Å²) >= 11 is 11.6. The molecule has 11 heteroatoms. The van der Waals surface area contributed by atoms with Crippen molar-refractivity contribution in [1.82, 2.24) is 9.80 Å². The van der Waals surface area contributed by atoms with Crippen LogP contribution in [0.2, 0.25) is 0 Å². The molecule has 0 saturated carbocycles. The molecule has 3 aliphatic rings. The van der Waals surface area contributed by atoms with Gasteiger partial charge >= 0.3 is 0 Å². The number of fused-ring (bicyclic) bond motifs is 4. The Kier molecular flexibility index (Phi) is 48.1. The highest BCUT2D eigenvalue weighted by Gasteiger charge is 2.52. The van der Waals surface area contributed by atoms with Crippen molar-refractivity contribution in [3.63, 3.8) is 0 Å². The number of allylic oxidation sites excluding steroid dienone is 2. The number of hydrogen-bond donors (Lipinski definition) is 1. The molecule has 7 heterocycles. The first-order valence-corrected chi connectivity index (χ1v) is 55.5. The number of nitrogens with two attached hydrogens (primary N) is 1. The van der Waals surface area contributed by atoms with Crippen LogP contribution in [0.5, 0.6) is 0 Å². The predicted octanol–water partition coefficient (Wildman–Crippen LogP) is 36.6. The summed E-state index contributed by atoms with van der Waals surface area (Å²) in [7, 11) is 0. The summed E-state index contributed by atoms with van der Waals surface area (Å²) in [5, 5.41) is 0. The van der Waals surface area contributed by atoms with Gasteiger partial charge in [0.15, 0.2) is 0 Å². The maximum Gasteiger partial charge on any atom is 0.261 e. The van der Waals surface area contributed by atoms with Crippen molar-refractivity contribution in [2.75, 3.05) is 19.3 Å². The quantitative estimate of drug-likeness (QED) is 0.0311. The summed E-state index contributed by atoms with van der Waals surface area (Å²) < 4.78 is 0. The van der Waals surface area contributed by atoms with Crippen LogP contribution >= 0.6 is 68.4 Å². The summed E-state index contributed by atoms with van der Waals surface area (Å²) in [6, 6.07) is 14.1. The fourth-order valence-electron chi connectivity index (χ4n) is 19.9. The van der Waals surface area contributed by atoms with E-state index in [9.17, 15) is 0 Å². The molecule has 2 unspecified atom stereocenters. The monoisotopic (exact) mass is 1720 g/mol. The number of unbranched alkanes of at least 4 members (excludes halogenated alkanes) is 44. The summed E-state index contributed by atoms with van der Waals surface area (Å²) in [6.45, 7) is 28.7. The lowest BCUT2D eigenvalue weighted by Gasteiger charge is -2.35. The van der Waals surface area contributed by atoms with Crippen LogP contribution in [0.3, 0.4) is 0 Å². The smallest absolute Gasteiger partial charge is 0.261 e. The topological polar surface area (TPSA) is 66.6 Å². The molecule has 2 atom stereocenters. The van der Waals surface area contributed by atoms with Gasteiger partial charge in [-0.2, -0.15) is 0 Å². The standard InChI is InChI=1S/C107H171N3O2S6/c1-13-22-30-38-44-46-48-50-54-62-71-85-96-101(102-97(107(96,79-64-56-42-34-26-17-5)80-65-57-43-35-27-18-6)86(103(118-102)106(10,11)108)72-63-55-51-49-47-45-39-31-23-14-2)117-100(85)93-78-75-90(116-93)89-74-77-92(115-89)99-95-94(104(111)110(99)82-84(68-59-37-29-20-8)70-61-53-41-33-25-16-4)98(91-76-73-88(114-91)87(113-12)66-21-9)109(105(95)112)81-83(67-58-36-28-19-7)69-60-52-40-32-24-15-3/h21,66,73-78,83-84H,9,13-20,22-65,67-72,79-82,108H2,1-8,10-12H3/b87-66-. The van der Waals surface area contributed by atoms with E-state index in [4.69, 9.17) is 5.73 Å². The van der Waals surface area contributed by atoms with Crippen LogP contribution in [0, 0.1) is 11.8 Å². The van der Waals surface area contributed by atoms with E-state index in [0.29, 0.717) is 36.1 Å². The minimum atomic E-state index is -0.428. The average molecular weight is 1720 g/mol. The van der Waals surface area contributed by atoms with Gasteiger partial charge in [0.1, 0.15) is 0 Å². The van der Waals surface area contributed by atoms with Gasteiger partial charge in [0.2, 0.25) is 0 Å². The molecule has 0 radical (unpaired) electrons. The van der Waals surface area contributed by atoms with Gasteiger partial charge in [-0.15, -0.1) is 68.4 Å². The third-order valence-electron chi connectivity index (χ3n) is 26.6. The van der Waals surface area contributed by atoms with Crippen molar-refractivity contribution >= 4 is 96.6 Å². The number of thioether (sulfide) groups is 1. The van der Waals surface area contributed by atoms with Gasteiger partial charge < -0.3 is 15.5 Å². The lowest BCUT2D eigenvalue weighted by atomic mass is 9.67. The van der Waals surface area contributed by atoms with E-state index in [1.54, 1.807) is 55.1 Å². The first kappa shape index (κ1) is 100. The van der Waals surface area contributed by atoms with Crippen LogP contribution in [0.1, 0.15) is 483 Å². The van der Waals surface area contributed by atoms with E-state index < -0.39 is 5.54 Å². The molecule has 5 aromatic rings. The summed E-state index contributed by atoms with van der Waals surface area (Å²) in [5.41, 5.74) is 17.0. The van der Waals surface area contributed by atoms with Gasteiger partial charge in [-0.05, 0) is 161 Å². The Bertz CT molecular complexity index is 3720. The van der Waals surface area contributed by atoms with Gasteiger partial charge in [0, 0.05) is 68.0 Å². The maximum absolute atomic E-state index is 16.6. The Balaban J connectivity index is 1.29. The maximum atomic E-state index is 16.6. The third kappa shape index (κ3) is 29.9. The first-order chi connectivity index (χ1) is 57.7. The van der Waals surface area contributed by atoms with Gasteiger partial charge in [-0.3, -0.25) is 9.59 Å². The summed E-state index contributed by atoms with van der Waals surface area (Å²) in [6.07, 6.45) is 82.9. The highest BCUT2D eigenvalue weighted by atomic mass is 32.2. The number of thiophene rings is 5. The van der Waals surface area contributed by atoms with E-state index in [1.165, 1.54) is 371 Å². The van der Waals surface area contributed by atoms with Gasteiger partial charge in [0.25, 0.3) is 11.8 Å². The molecule has 0 fully saturated rings. The molecule has 118 heavy (non-hydrogen) atoms. The number of hydrogen-bond acceptors (Lipinski definition) is 9. The normalized spacial score (nSPS) is 14.7. The zero-order valence-electron chi connectivity index (χ0n) is 77.6. The SMILES string of the molecule is C=C/C=C(\SC)c1ccc(C2=C3C(=O)N(CC(CCCCCC)CCCCCCCC)C(c4ccc(-c5ccc(-c6sc7c(c6CCCCCCCCCCCC)C(CCCCCCCC)(CCCCCCCC)c6c-7sc(C(C)(C)N)c6CCCCCCCCCCCC)s5)s4)=C3C(=O)N2CC(CCCCCC)CCCCCCCC)s1. The molecule has 2 aliphatic heterocycles. The molecule has 2 N–H and O–H groups in total. The lowest BCUT2D eigenvalue weighted by Crippen LogP contribution is -2.34.